The molecule has 2 fully saturated rings. The molecule has 0 aliphatic carbocycles. The van der Waals surface area contributed by atoms with Gasteiger partial charge in [0.05, 0.1) is 12.7 Å². The Morgan fingerprint density at radius 2 is 2.14 bits per heavy atom. The summed E-state index contributed by atoms with van der Waals surface area (Å²) in [6, 6.07) is 4.46. The van der Waals surface area contributed by atoms with E-state index in [0.29, 0.717) is 12.5 Å². The second kappa shape index (κ2) is 6.38. The smallest absolute Gasteiger partial charge is 0.129 e. The molecule has 2 heterocycles. The second-order valence-corrected chi connectivity index (χ2v) is 5.96. The van der Waals surface area contributed by atoms with E-state index in [1.54, 1.807) is 0 Å². The normalized spacial score (nSPS) is 27.6. The Morgan fingerprint density at radius 1 is 1.38 bits per heavy atom. The van der Waals surface area contributed by atoms with Gasteiger partial charge in [0, 0.05) is 24.2 Å². The van der Waals surface area contributed by atoms with E-state index in [-0.39, 0.29) is 17.7 Å². The van der Waals surface area contributed by atoms with Crippen LogP contribution in [0.5, 0.6) is 0 Å². The highest BCUT2D eigenvalue weighted by Gasteiger charge is 2.35. The van der Waals surface area contributed by atoms with Crippen LogP contribution in [-0.2, 0) is 11.2 Å². The SMILES string of the molecule is CNC(Cc1c(F)cccc1F)C1CN2CCCC2CO1. The molecule has 116 valence electrons. The van der Waals surface area contributed by atoms with E-state index in [2.05, 4.69) is 10.2 Å². The lowest BCUT2D eigenvalue weighted by atomic mass is 9.98. The molecule has 2 saturated heterocycles. The third kappa shape index (κ3) is 3.10. The first kappa shape index (κ1) is 14.9. The van der Waals surface area contributed by atoms with Gasteiger partial charge in [0.1, 0.15) is 11.6 Å². The van der Waals surface area contributed by atoms with E-state index in [1.165, 1.54) is 31.0 Å². The van der Waals surface area contributed by atoms with E-state index < -0.39 is 11.6 Å². The molecule has 5 heteroatoms. The van der Waals surface area contributed by atoms with Gasteiger partial charge in [-0.15, -0.1) is 0 Å². The van der Waals surface area contributed by atoms with Gasteiger partial charge < -0.3 is 10.1 Å². The highest BCUT2D eigenvalue weighted by atomic mass is 19.1. The molecule has 2 aliphatic heterocycles. The number of nitrogens with zero attached hydrogens (tertiary/aromatic N) is 1. The molecule has 21 heavy (non-hydrogen) atoms. The van der Waals surface area contributed by atoms with Gasteiger partial charge in [0.25, 0.3) is 0 Å². The standard InChI is InChI=1S/C16H22F2N2O/c1-19-15(8-12-13(17)5-2-6-14(12)18)16-9-20-7-3-4-11(20)10-21-16/h2,5-6,11,15-16,19H,3-4,7-10H2,1H3. The van der Waals surface area contributed by atoms with Crippen LogP contribution in [0.3, 0.4) is 0 Å². The topological polar surface area (TPSA) is 24.5 Å². The Labute approximate surface area is 124 Å². The van der Waals surface area contributed by atoms with E-state index >= 15 is 0 Å². The van der Waals surface area contributed by atoms with E-state index in [4.69, 9.17) is 4.74 Å². The van der Waals surface area contributed by atoms with Crippen LogP contribution in [0.15, 0.2) is 18.2 Å². The van der Waals surface area contributed by atoms with E-state index in [1.807, 2.05) is 7.05 Å². The highest BCUT2D eigenvalue weighted by Crippen LogP contribution is 2.25. The van der Waals surface area contributed by atoms with Crippen molar-refractivity contribution in [2.24, 2.45) is 0 Å². The van der Waals surface area contributed by atoms with Gasteiger partial charge in [-0.1, -0.05) is 6.07 Å². The summed E-state index contributed by atoms with van der Waals surface area (Å²) >= 11 is 0. The second-order valence-electron chi connectivity index (χ2n) is 5.96. The summed E-state index contributed by atoms with van der Waals surface area (Å²) in [5, 5.41) is 3.17. The zero-order valence-corrected chi connectivity index (χ0v) is 12.3. The molecule has 3 unspecified atom stereocenters. The van der Waals surface area contributed by atoms with Crippen LogP contribution in [0.2, 0.25) is 0 Å². The molecule has 1 aromatic rings. The number of rotatable bonds is 4. The molecule has 3 rings (SSSR count). The van der Waals surface area contributed by atoms with E-state index in [9.17, 15) is 8.78 Å². The molecule has 0 amide bonds. The molecule has 1 N–H and O–H groups in total. The fourth-order valence-electron chi connectivity index (χ4n) is 3.45. The molecule has 3 nitrogen and oxygen atoms in total. The van der Waals surface area contributed by atoms with Crippen molar-refractivity contribution in [1.29, 1.82) is 0 Å². The fourth-order valence-corrected chi connectivity index (χ4v) is 3.45. The molecule has 1 aromatic carbocycles. The molecular formula is C16H22F2N2O. The summed E-state index contributed by atoms with van der Waals surface area (Å²) in [4.78, 5) is 2.44. The first-order chi connectivity index (χ1) is 10.2. The molecular weight excluding hydrogens is 274 g/mol. The summed E-state index contributed by atoms with van der Waals surface area (Å²) in [6.07, 6.45) is 2.69. The maximum absolute atomic E-state index is 13.8. The monoisotopic (exact) mass is 296 g/mol. The van der Waals surface area contributed by atoms with Crippen LogP contribution >= 0.6 is 0 Å². The summed E-state index contributed by atoms with van der Waals surface area (Å²) in [7, 11) is 1.82. The summed E-state index contributed by atoms with van der Waals surface area (Å²) in [6.45, 7) is 2.67. The van der Waals surface area contributed by atoms with Crippen molar-refractivity contribution in [2.45, 2.75) is 37.5 Å². The Kier molecular flexibility index (Phi) is 4.52. The number of morpholine rings is 1. The molecule has 0 radical (unpaired) electrons. The van der Waals surface area contributed by atoms with Gasteiger partial charge in [0.15, 0.2) is 0 Å². The Balaban J connectivity index is 1.70. The largest absolute Gasteiger partial charge is 0.374 e. The number of hydrogen-bond donors (Lipinski definition) is 1. The van der Waals surface area contributed by atoms with Crippen LogP contribution in [0.25, 0.3) is 0 Å². The maximum Gasteiger partial charge on any atom is 0.129 e. The van der Waals surface area contributed by atoms with Gasteiger partial charge in [-0.05, 0) is 45.0 Å². The zero-order chi connectivity index (χ0) is 14.8. The van der Waals surface area contributed by atoms with Gasteiger partial charge in [-0.2, -0.15) is 0 Å². The number of ether oxygens (including phenoxy) is 1. The number of nitrogens with one attached hydrogen (secondary N) is 1. The molecule has 0 bridgehead atoms. The lowest BCUT2D eigenvalue weighted by molar-refractivity contribution is -0.0635. The van der Waals surface area contributed by atoms with Gasteiger partial charge in [-0.25, -0.2) is 8.78 Å². The van der Waals surface area contributed by atoms with Crippen LogP contribution in [0.4, 0.5) is 8.78 Å². The number of likely N-dealkylation sites (N-methyl/N-ethyl adjacent to an activating group) is 1. The molecule has 2 aliphatic rings. The maximum atomic E-state index is 13.8. The first-order valence-corrected chi connectivity index (χ1v) is 7.65. The number of halogens is 2. The lowest BCUT2D eigenvalue weighted by Crippen LogP contribution is -2.54. The average molecular weight is 296 g/mol. The first-order valence-electron chi connectivity index (χ1n) is 7.65. The van der Waals surface area contributed by atoms with Gasteiger partial charge >= 0.3 is 0 Å². The zero-order valence-electron chi connectivity index (χ0n) is 12.3. The number of hydrogen-bond acceptors (Lipinski definition) is 3. The van der Waals surface area contributed by atoms with Crippen LogP contribution in [-0.4, -0.2) is 49.8 Å². The summed E-state index contributed by atoms with van der Waals surface area (Å²) in [5.41, 5.74) is 0.143. The van der Waals surface area contributed by atoms with Crippen LogP contribution in [0.1, 0.15) is 18.4 Å². The third-order valence-corrected chi connectivity index (χ3v) is 4.72. The molecule has 3 atom stereocenters. The highest BCUT2D eigenvalue weighted by molar-refractivity contribution is 5.21. The Bertz CT molecular complexity index is 477. The van der Waals surface area contributed by atoms with Crippen molar-refractivity contribution in [3.63, 3.8) is 0 Å². The van der Waals surface area contributed by atoms with Crippen LogP contribution < -0.4 is 5.32 Å². The minimum absolute atomic E-state index is 0.0247. The Hall–Kier alpha value is -1.04. The minimum Gasteiger partial charge on any atom is -0.374 e. The molecule has 0 saturated carbocycles. The van der Waals surface area contributed by atoms with Crippen molar-refractivity contribution in [3.8, 4) is 0 Å². The minimum atomic E-state index is -0.481. The summed E-state index contributed by atoms with van der Waals surface area (Å²) in [5.74, 6) is -0.963. The molecule has 0 spiro atoms. The fraction of sp³-hybridized carbons (Fsp3) is 0.625. The van der Waals surface area contributed by atoms with Gasteiger partial charge in [-0.3, -0.25) is 4.90 Å². The van der Waals surface area contributed by atoms with Crippen molar-refractivity contribution in [3.05, 3.63) is 35.4 Å². The number of fused-ring (bicyclic) bond motifs is 1. The van der Waals surface area contributed by atoms with Crippen molar-refractivity contribution in [1.82, 2.24) is 10.2 Å². The predicted molar refractivity (Wildman–Crippen MR) is 77.2 cm³/mol. The van der Waals surface area contributed by atoms with Crippen molar-refractivity contribution >= 4 is 0 Å². The summed E-state index contributed by atoms with van der Waals surface area (Å²) < 4.78 is 33.6. The van der Waals surface area contributed by atoms with Crippen LogP contribution in [0, 0.1) is 11.6 Å². The Morgan fingerprint density at radius 3 is 2.86 bits per heavy atom. The third-order valence-electron chi connectivity index (χ3n) is 4.72. The predicted octanol–water partition coefficient (Wildman–Crippen LogP) is 1.96. The van der Waals surface area contributed by atoms with Crippen molar-refractivity contribution in [2.75, 3.05) is 26.7 Å². The van der Waals surface area contributed by atoms with E-state index in [0.717, 1.165) is 19.7 Å². The molecule has 0 aromatic heterocycles. The quantitative estimate of drug-likeness (QED) is 0.919. The lowest BCUT2D eigenvalue weighted by Gasteiger charge is -2.39. The number of benzene rings is 1. The van der Waals surface area contributed by atoms with Crippen molar-refractivity contribution < 1.29 is 13.5 Å². The van der Waals surface area contributed by atoms with Gasteiger partial charge in [0.2, 0.25) is 0 Å². The average Bonchev–Trinajstić information content (AvgIpc) is 2.94.